The van der Waals surface area contributed by atoms with Crippen LogP contribution in [0.4, 0.5) is 0 Å². The van der Waals surface area contributed by atoms with Gasteiger partial charge in [0.05, 0.1) is 10.7 Å². The second kappa shape index (κ2) is 4.15. The molecule has 1 aromatic heterocycles. The molecule has 0 atom stereocenters. The van der Waals surface area contributed by atoms with Crippen molar-refractivity contribution in [2.45, 2.75) is 24.7 Å². The van der Waals surface area contributed by atoms with E-state index in [1.54, 1.807) is 11.8 Å². The highest BCUT2D eigenvalue weighted by atomic mass is 35.5. The molecule has 0 saturated carbocycles. The molecule has 0 aliphatic heterocycles. The molecule has 1 rings (SSSR count). The fourth-order valence-electron chi connectivity index (χ4n) is 0.967. The average molecular weight is 202 g/mol. The molecule has 0 N–H and O–H groups in total. The summed E-state index contributed by atoms with van der Waals surface area (Å²) in [5.74, 6) is 0.397. The third-order valence-corrected chi connectivity index (χ3v) is 2.62. The van der Waals surface area contributed by atoms with Crippen LogP contribution in [0, 0.1) is 0 Å². The second-order valence-electron chi connectivity index (χ2n) is 2.90. The largest absolute Gasteiger partial charge is 0.258 e. The van der Waals surface area contributed by atoms with Crippen LogP contribution in [0.5, 0.6) is 0 Å². The monoisotopic (exact) mass is 201 g/mol. The Balaban J connectivity index is 3.03. The van der Waals surface area contributed by atoms with Gasteiger partial charge in [-0.2, -0.15) is 0 Å². The highest BCUT2D eigenvalue weighted by molar-refractivity contribution is 7.98. The average Bonchev–Trinajstić information content (AvgIpc) is 2.03. The minimum atomic E-state index is 0.397. The Kier molecular flexibility index (Phi) is 3.41. The lowest BCUT2D eigenvalue weighted by Gasteiger charge is -2.07. The molecule has 66 valence electrons. The van der Waals surface area contributed by atoms with Crippen molar-refractivity contribution in [1.29, 1.82) is 0 Å². The van der Waals surface area contributed by atoms with Crippen molar-refractivity contribution in [2.75, 3.05) is 6.26 Å². The Hall–Kier alpha value is -0.210. The topological polar surface area (TPSA) is 12.9 Å². The van der Waals surface area contributed by atoms with E-state index in [1.165, 1.54) is 0 Å². The molecule has 0 fully saturated rings. The van der Waals surface area contributed by atoms with E-state index in [-0.39, 0.29) is 0 Å². The van der Waals surface area contributed by atoms with E-state index in [0.717, 1.165) is 15.6 Å². The Bertz CT molecular complexity index is 273. The van der Waals surface area contributed by atoms with E-state index in [1.807, 2.05) is 18.5 Å². The Morgan fingerprint density at radius 2 is 2.17 bits per heavy atom. The summed E-state index contributed by atoms with van der Waals surface area (Å²) in [7, 11) is 0. The number of rotatable bonds is 2. The molecule has 0 aliphatic rings. The van der Waals surface area contributed by atoms with Gasteiger partial charge in [-0.1, -0.05) is 25.4 Å². The van der Waals surface area contributed by atoms with Crippen LogP contribution < -0.4 is 0 Å². The summed E-state index contributed by atoms with van der Waals surface area (Å²) < 4.78 is 0. The van der Waals surface area contributed by atoms with Gasteiger partial charge >= 0.3 is 0 Å². The van der Waals surface area contributed by atoms with Crippen LogP contribution in [-0.2, 0) is 0 Å². The van der Waals surface area contributed by atoms with E-state index < -0.39 is 0 Å². The van der Waals surface area contributed by atoms with Crippen LogP contribution in [0.3, 0.4) is 0 Å². The zero-order valence-corrected chi connectivity index (χ0v) is 9.04. The van der Waals surface area contributed by atoms with Crippen LogP contribution in [-0.4, -0.2) is 11.2 Å². The zero-order chi connectivity index (χ0) is 9.14. The highest BCUT2D eigenvalue weighted by Crippen LogP contribution is 2.25. The normalized spacial score (nSPS) is 10.8. The maximum Gasteiger partial charge on any atom is 0.0635 e. The SMILES string of the molecule is CSc1cnc(C(C)C)c(Cl)c1. The van der Waals surface area contributed by atoms with Gasteiger partial charge in [0.2, 0.25) is 0 Å². The molecule has 1 aromatic rings. The summed E-state index contributed by atoms with van der Waals surface area (Å²) in [6, 6.07) is 1.97. The van der Waals surface area contributed by atoms with Crippen molar-refractivity contribution >= 4 is 23.4 Å². The third kappa shape index (κ3) is 2.14. The quantitative estimate of drug-likeness (QED) is 0.679. The molecule has 0 aliphatic carbocycles. The van der Waals surface area contributed by atoms with Crippen LogP contribution in [0.15, 0.2) is 17.2 Å². The van der Waals surface area contributed by atoms with Crippen molar-refractivity contribution in [3.8, 4) is 0 Å². The fraction of sp³-hybridized carbons (Fsp3) is 0.444. The number of hydrogen-bond donors (Lipinski definition) is 0. The van der Waals surface area contributed by atoms with E-state index in [4.69, 9.17) is 11.6 Å². The first kappa shape index (κ1) is 9.87. The zero-order valence-electron chi connectivity index (χ0n) is 7.47. The van der Waals surface area contributed by atoms with Crippen molar-refractivity contribution in [2.24, 2.45) is 0 Å². The Morgan fingerprint density at radius 1 is 1.50 bits per heavy atom. The molecule has 0 saturated heterocycles. The molecule has 1 heterocycles. The van der Waals surface area contributed by atoms with Gasteiger partial charge in [0.25, 0.3) is 0 Å². The standard InChI is InChI=1S/C9H12ClNS/c1-6(2)9-8(10)4-7(12-3)5-11-9/h4-6H,1-3H3. The second-order valence-corrected chi connectivity index (χ2v) is 4.18. The van der Waals surface area contributed by atoms with Gasteiger partial charge in [0.15, 0.2) is 0 Å². The highest BCUT2D eigenvalue weighted by Gasteiger charge is 2.06. The van der Waals surface area contributed by atoms with E-state index in [2.05, 4.69) is 18.8 Å². The van der Waals surface area contributed by atoms with Crippen molar-refractivity contribution in [3.63, 3.8) is 0 Å². The molecular formula is C9H12ClNS. The summed E-state index contributed by atoms with van der Waals surface area (Å²) in [6.07, 6.45) is 3.88. The first-order chi connectivity index (χ1) is 5.65. The number of aromatic nitrogens is 1. The van der Waals surface area contributed by atoms with Gasteiger partial charge in [-0.3, -0.25) is 4.98 Å². The van der Waals surface area contributed by atoms with Crippen LogP contribution in [0.25, 0.3) is 0 Å². The number of thioether (sulfide) groups is 1. The van der Waals surface area contributed by atoms with Gasteiger partial charge in [-0.25, -0.2) is 0 Å². The van der Waals surface area contributed by atoms with Crippen molar-refractivity contribution in [3.05, 3.63) is 23.0 Å². The molecular weight excluding hydrogens is 190 g/mol. The number of hydrogen-bond acceptors (Lipinski definition) is 2. The van der Waals surface area contributed by atoms with E-state index in [0.29, 0.717) is 5.92 Å². The predicted molar refractivity (Wildman–Crippen MR) is 55.1 cm³/mol. The molecule has 0 bridgehead atoms. The Morgan fingerprint density at radius 3 is 2.58 bits per heavy atom. The molecule has 12 heavy (non-hydrogen) atoms. The summed E-state index contributed by atoms with van der Waals surface area (Å²) in [5.41, 5.74) is 0.981. The predicted octanol–water partition coefficient (Wildman–Crippen LogP) is 3.58. The van der Waals surface area contributed by atoms with E-state index in [9.17, 15) is 0 Å². The first-order valence-corrected chi connectivity index (χ1v) is 5.45. The molecule has 3 heteroatoms. The van der Waals surface area contributed by atoms with Gasteiger partial charge in [-0.05, 0) is 18.2 Å². The minimum Gasteiger partial charge on any atom is -0.258 e. The van der Waals surface area contributed by atoms with Crippen molar-refractivity contribution < 1.29 is 0 Å². The molecule has 0 radical (unpaired) electrons. The van der Waals surface area contributed by atoms with Crippen LogP contribution >= 0.6 is 23.4 Å². The maximum atomic E-state index is 6.03. The molecule has 0 unspecified atom stereocenters. The Labute approximate surface area is 82.5 Å². The molecule has 0 spiro atoms. The van der Waals surface area contributed by atoms with Gasteiger partial charge in [-0.15, -0.1) is 11.8 Å². The summed E-state index contributed by atoms with van der Waals surface area (Å²) >= 11 is 7.68. The van der Waals surface area contributed by atoms with Crippen LogP contribution in [0.1, 0.15) is 25.5 Å². The third-order valence-electron chi connectivity index (χ3n) is 1.63. The van der Waals surface area contributed by atoms with Gasteiger partial charge in [0.1, 0.15) is 0 Å². The number of halogens is 1. The minimum absolute atomic E-state index is 0.397. The molecule has 0 amide bonds. The first-order valence-electron chi connectivity index (χ1n) is 3.84. The smallest absolute Gasteiger partial charge is 0.0635 e. The lowest BCUT2D eigenvalue weighted by Crippen LogP contribution is -1.93. The summed E-state index contributed by atoms with van der Waals surface area (Å²) in [6.45, 7) is 4.18. The fourth-order valence-corrected chi connectivity index (χ4v) is 1.81. The maximum absolute atomic E-state index is 6.03. The van der Waals surface area contributed by atoms with Crippen LogP contribution in [0.2, 0.25) is 5.02 Å². The summed E-state index contributed by atoms with van der Waals surface area (Å²) in [4.78, 5) is 5.41. The van der Waals surface area contributed by atoms with Gasteiger partial charge in [0, 0.05) is 11.1 Å². The lowest BCUT2D eigenvalue weighted by molar-refractivity contribution is 0.818. The van der Waals surface area contributed by atoms with Gasteiger partial charge < -0.3 is 0 Å². The van der Waals surface area contributed by atoms with E-state index >= 15 is 0 Å². The lowest BCUT2D eigenvalue weighted by atomic mass is 10.1. The van der Waals surface area contributed by atoms with Crippen molar-refractivity contribution in [1.82, 2.24) is 4.98 Å². The molecule has 1 nitrogen and oxygen atoms in total. The number of pyridine rings is 1. The number of nitrogens with zero attached hydrogens (tertiary/aromatic N) is 1. The molecule has 0 aromatic carbocycles. The summed E-state index contributed by atoms with van der Waals surface area (Å²) in [5, 5.41) is 0.775.